The Morgan fingerprint density at radius 2 is 1.87 bits per heavy atom. The number of aromatic nitrogens is 2. The second-order valence-electron chi connectivity index (χ2n) is 7.35. The summed E-state index contributed by atoms with van der Waals surface area (Å²) >= 11 is 1.25. The molecule has 0 atom stereocenters. The molecule has 1 saturated heterocycles. The Balaban J connectivity index is 1.36. The molecular formula is C22H21FN4O2S. The molecule has 0 saturated carbocycles. The van der Waals surface area contributed by atoms with Gasteiger partial charge in [0.1, 0.15) is 10.8 Å². The quantitative estimate of drug-likeness (QED) is 0.679. The first-order valence-electron chi connectivity index (χ1n) is 9.76. The van der Waals surface area contributed by atoms with Gasteiger partial charge in [-0.3, -0.25) is 9.59 Å². The van der Waals surface area contributed by atoms with Crippen LogP contribution in [0.3, 0.4) is 0 Å². The number of aryl methyl sites for hydroxylation is 1. The van der Waals surface area contributed by atoms with Crippen molar-refractivity contribution in [1.82, 2.24) is 15.1 Å². The van der Waals surface area contributed by atoms with Gasteiger partial charge in [-0.25, -0.2) is 4.39 Å². The lowest BCUT2D eigenvalue weighted by molar-refractivity contribution is 0.0712. The van der Waals surface area contributed by atoms with Gasteiger partial charge in [0.05, 0.1) is 0 Å². The summed E-state index contributed by atoms with van der Waals surface area (Å²) < 4.78 is 13.3. The maximum Gasteiger partial charge on any atom is 0.286 e. The van der Waals surface area contributed by atoms with Gasteiger partial charge < -0.3 is 10.2 Å². The van der Waals surface area contributed by atoms with Gasteiger partial charge >= 0.3 is 0 Å². The fourth-order valence-corrected chi connectivity index (χ4v) is 4.44. The van der Waals surface area contributed by atoms with Gasteiger partial charge in [-0.2, -0.15) is 0 Å². The Kier molecular flexibility index (Phi) is 5.85. The molecule has 6 nitrogen and oxygen atoms in total. The van der Waals surface area contributed by atoms with Crippen LogP contribution in [0, 0.1) is 12.7 Å². The topological polar surface area (TPSA) is 75.2 Å². The van der Waals surface area contributed by atoms with E-state index in [4.69, 9.17) is 0 Å². The highest BCUT2D eigenvalue weighted by Gasteiger charge is 2.27. The van der Waals surface area contributed by atoms with Gasteiger partial charge in [0.15, 0.2) is 0 Å². The van der Waals surface area contributed by atoms with Gasteiger partial charge in [0, 0.05) is 30.3 Å². The molecule has 2 heterocycles. The van der Waals surface area contributed by atoms with E-state index in [0.29, 0.717) is 24.3 Å². The molecular weight excluding hydrogens is 403 g/mol. The minimum atomic E-state index is -0.419. The van der Waals surface area contributed by atoms with E-state index in [9.17, 15) is 14.0 Å². The van der Waals surface area contributed by atoms with E-state index in [1.165, 1.54) is 29.5 Å². The average Bonchev–Trinajstić information content (AvgIpc) is 3.24. The Morgan fingerprint density at radius 1 is 1.10 bits per heavy atom. The highest BCUT2D eigenvalue weighted by molar-refractivity contribution is 7.13. The van der Waals surface area contributed by atoms with Crippen LogP contribution in [0.5, 0.6) is 0 Å². The summed E-state index contributed by atoms with van der Waals surface area (Å²) in [6, 6.07) is 13.3. The van der Waals surface area contributed by atoms with Crippen molar-refractivity contribution in [3.05, 3.63) is 75.5 Å². The van der Waals surface area contributed by atoms with Crippen molar-refractivity contribution in [2.45, 2.75) is 25.7 Å². The molecule has 2 amide bonds. The smallest absolute Gasteiger partial charge is 0.286 e. The summed E-state index contributed by atoms with van der Waals surface area (Å²) in [6.45, 7) is 3.25. The first-order chi connectivity index (χ1) is 14.5. The third-order valence-electron chi connectivity index (χ3n) is 5.11. The highest BCUT2D eigenvalue weighted by Crippen LogP contribution is 2.31. The number of amides is 2. The molecule has 0 unspecified atom stereocenters. The number of rotatable bonds is 4. The lowest BCUT2D eigenvalue weighted by Gasteiger charge is -2.31. The van der Waals surface area contributed by atoms with Crippen LogP contribution in [0.2, 0.25) is 0 Å². The SMILES string of the molecule is Cc1cccc(C(=O)N2CCC(c3nnc(C(=O)Nc4cccc(F)c4)s3)CC2)c1. The molecule has 0 bridgehead atoms. The van der Waals surface area contributed by atoms with Crippen LogP contribution in [-0.2, 0) is 0 Å². The largest absolute Gasteiger partial charge is 0.339 e. The molecule has 0 aliphatic carbocycles. The van der Waals surface area contributed by atoms with Crippen LogP contribution >= 0.6 is 11.3 Å². The van der Waals surface area contributed by atoms with E-state index in [0.717, 1.165) is 23.4 Å². The Hall–Kier alpha value is -3.13. The van der Waals surface area contributed by atoms with E-state index in [1.807, 2.05) is 36.1 Å². The summed E-state index contributed by atoms with van der Waals surface area (Å²) in [5, 5.41) is 11.9. The zero-order valence-electron chi connectivity index (χ0n) is 16.5. The summed E-state index contributed by atoms with van der Waals surface area (Å²) in [5.41, 5.74) is 2.15. The standard InChI is InChI=1S/C22H21FN4O2S/c1-14-4-2-5-16(12-14)22(29)27-10-8-15(9-11-27)20-25-26-21(30-20)19(28)24-18-7-3-6-17(23)13-18/h2-7,12-13,15H,8-11H2,1H3,(H,24,28). The van der Waals surface area contributed by atoms with Gasteiger partial charge in [-0.05, 0) is 50.1 Å². The monoisotopic (exact) mass is 424 g/mol. The van der Waals surface area contributed by atoms with E-state index in [1.54, 1.807) is 6.07 Å². The number of piperidine rings is 1. The van der Waals surface area contributed by atoms with Crippen LogP contribution in [0.15, 0.2) is 48.5 Å². The number of carbonyl (C=O) groups excluding carboxylic acids is 2. The summed E-state index contributed by atoms with van der Waals surface area (Å²) in [4.78, 5) is 26.9. The van der Waals surface area contributed by atoms with E-state index in [-0.39, 0.29) is 16.8 Å². The number of halogens is 1. The number of hydrogen-bond acceptors (Lipinski definition) is 5. The number of anilines is 1. The normalized spacial score (nSPS) is 14.5. The van der Waals surface area contributed by atoms with Gasteiger partial charge in [0.2, 0.25) is 5.01 Å². The van der Waals surface area contributed by atoms with E-state index in [2.05, 4.69) is 15.5 Å². The zero-order chi connectivity index (χ0) is 21.1. The van der Waals surface area contributed by atoms with Crippen LogP contribution < -0.4 is 5.32 Å². The maximum absolute atomic E-state index is 13.3. The molecule has 2 aromatic carbocycles. The summed E-state index contributed by atoms with van der Waals surface area (Å²) in [7, 11) is 0. The average molecular weight is 425 g/mol. The number of benzene rings is 2. The minimum Gasteiger partial charge on any atom is -0.339 e. The molecule has 1 N–H and O–H groups in total. The molecule has 8 heteroatoms. The Bertz CT molecular complexity index is 1080. The fourth-order valence-electron chi connectivity index (χ4n) is 3.53. The van der Waals surface area contributed by atoms with E-state index < -0.39 is 11.7 Å². The fraction of sp³-hybridized carbons (Fsp3) is 0.273. The maximum atomic E-state index is 13.3. The second kappa shape index (κ2) is 8.71. The third kappa shape index (κ3) is 4.54. The lowest BCUT2D eigenvalue weighted by Crippen LogP contribution is -2.37. The van der Waals surface area contributed by atoms with Crippen LogP contribution in [0.4, 0.5) is 10.1 Å². The molecule has 1 aromatic heterocycles. The van der Waals surface area contributed by atoms with Crippen molar-refractivity contribution in [3.63, 3.8) is 0 Å². The van der Waals surface area contributed by atoms with Crippen LogP contribution in [0.25, 0.3) is 0 Å². The van der Waals surface area contributed by atoms with Crippen LogP contribution in [0.1, 0.15) is 49.5 Å². The first kappa shape index (κ1) is 20.2. The molecule has 154 valence electrons. The van der Waals surface area contributed by atoms with Crippen molar-refractivity contribution in [2.75, 3.05) is 18.4 Å². The van der Waals surface area contributed by atoms with Crippen molar-refractivity contribution in [1.29, 1.82) is 0 Å². The predicted molar refractivity (Wildman–Crippen MR) is 113 cm³/mol. The number of nitrogens with zero attached hydrogens (tertiary/aromatic N) is 3. The Morgan fingerprint density at radius 3 is 2.60 bits per heavy atom. The van der Waals surface area contributed by atoms with Gasteiger partial charge in [-0.15, -0.1) is 10.2 Å². The molecule has 1 aliphatic rings. The summed E-state index contributed by atoms with van der Waals surface area (Å²) in [6.07, 6.45) is 1.55. The highest BCUT2D eigenvalue weighted by atomic mass is 32.1. The van der Waals surface area contributed by atoms with Gasteiger partial charge in [-0.1, -0.05) is 35.1 Å². The van der Waals surface area contributed by atoms with Crippen LogP contribution in [-0.4, -0.2) is 40.0 Å². The van der Waals surface area contributed by atoms with Crippen molar-refractivity contribution >= 4 is 28.8 Å². The first-order valence-corrected chi connectivity index (χ1v) is 10.6. The van der Waals surface area contributed by atoms with Gasteiger partial charge in [0.25, 0.3) is 11.8 Å². The zero-order valence-corrected chi connectivity index (χ0v) is 17.3. The molecule has 30 heavy (non-hydrogen) atoms. The molecule has 0 radical (unpaired) electrons. The molecule has 0 spiro atoms. The number of hydrogen-bond donors (Lipinski definition) is 1. The molecule has 4 rings (SSSR count). The van der Waals surface area contributed by atoms with Crippen molar-refractivity contribution in [2.24, 2.45) is 0 Å². The Labute approximate surface area is 177 Å². The minimum absolute atomic E-state index is 0.0459. The number of carbonyl (C=O) groups is 2. The number of nitrogens with one attached hydrogen (secondary N) is 1. The van der Waals surface area contributed by atoms with E-state index >= 15 is 0 Å². The summed E-state index contributed by atoms with van der Waals surface area (Å²) in [5.74, 6) is -0.613. The van der Waals surface area contributed by atoms with Crippen molar-refractivity contribution in [3.8, 4) is 0 Å². The third-order valence-corrected chi connectivity index (χ3v) is 6.20. The lowest BCUT2D eigenvalue weighted by atomic mass is 9.97. The number of likely N-dealkylation sites (tertiary alicyclic amines) is 1. The predicted octanol–water partition coefficient (Wildman–Crippen LogP) is 4.26. The molecule has 3 aromatic rings. The molecule has 1 fully saturated rings. The molecule has 1 aliphatic heterocycles. The second-order valence-corrected chi connectivity index (χ2v) is 8.35. The van der Waals surface area contributed by atoms with Crippen molar-refractivity contribution < 1.29 is 14.0 Å².